The molecule has 0 N–H and O–H groups in total. The topological polar surface area (TPSA) is 17.8 Å². The van der Waals surface area contributed by atoms with Crippen molar-refractivity contribution >= 4 is 12.2 Å². The van der Waals surface area contributed by atoms with E-state index in [1.165, 1.54) is 0 Å². The number of rotatable bonds is 3. The molecule has 0 saturated carbocycles. The largest absolute Gasteiger partial charge is 0.317 e. The third-order valence-corrected chi connectivity index (χ3v) is 3.78. The second-order valence-corrected chi connectivity index (χ2v) is 5.15. The minimum atomic E-state index is 0.623. The van der Waals surface area contributed by atoms with Gasteiger partial charge in [0.2, 0.25) is 0 Å². The first-order valence-electron chi connectivity index (χ1n) is 7.02. The van der Waals surface area contributed by atoms with Gasteiger partial charge < -0.3 is 4.57 Å². The van der Waals surface area contributed by atoms with E-state index in [1.54, 1.807) is 0 Å². The Morgan fingerprint density at radius 2 is 1.48 bits per heavy atom. The van der Waals surface area contributed by atoms with E-state index in [1.807, 2.05) is 36.4 Å². The van der Waals surface area contributed by atoms with Crippen molar-refractivity contribution < 1.29 is 0 Å². The zero-order valence-electron chi connectivity index (χ0n) is 11.9. The first-order chi connectivity index (χ1) is 10.3. The molecule has 21 heavy (non-hydrogen) atoms. The van der Waals surface area contributed by atoms with E-state index < -0.39 is 0 Å². The molecular weight excluding hydrogens is 276 g/mol. The van der Waals surface area contributed by atoms with Crippen molar-refractivity contribution in [1.82, 2.24) is 9.55 Å². The van der Waals surface area contributed by atoms with Crippen LogP contribution in [0.25, 0.3) is 22.5 Å². The molecule has 0 unspecified atom stereocenters. The van der Waals surface area contributed by atoms with Crippen molar-refractivity contribution in [2.24, 2.45) is 0 Å². The summed E-state index contributed by atoms with van der Waals surface area (Å²) in [6.07, 6.45) is 0. The zero-order chi connectivity index (χ0) is 14.7. The van der Waals surface area contributed by atoms with Gasteiger partial charge in [0.25, 0.3) is 0 Å². The minimum Gasteiger partial charge on any atom is -0.317 e. The highest BCUT2D eigenvalue weighted by molar-refractivity contribution is 7.71. The Kier molecular flexibility index (Phi) is 3.93. The first kappa shape index (κ1) is 13.7. The highest BCUT2D eigenvalue weighted by atomic mass is 32.1. The second kappa shape index (κ2) is 6.02. The summed E-state index contributed by atoms with van der Waals surface area (Å²) < 4.78 is 2.69. The molecule has 0 fully saturated rings. The number of nitrogens with zero attached hydrogens (tertiary/aromatic N) is 2. The Balaban J connectivity index is 2.23. The molecule has 0 aliphatic heterocycles. The van der Waals surface area contributed by atoms with Crippen LogP contribution in [0.2, 0.25) is 0 Å². The van der Waals surface area contributed by atoms with Crippen LogP contribution in [-0.2, 0) is 6.54 Å². The molecular formula is C18H16N2S. The molecule has 2 aromatic carbocycles. The van der Waals surface area contributed by atoms with Gasteiger partial charge in [-0.05, 0) is 30.8 Å². The first-order valence-corrected chi connectivity index (χ1v) is 7.43. The summed E-state index contributed by atoms with van der Waals surface area (Å²) in [6.45, 7) is 2.90. The second-order valence-electron chi connectivity index (χ2n) is 4.79. The average molecular weight is 292 g/mol. The van der Waals surface area contributed by atoms with Gasteiger partial charge in [0.05, 0.1) is 11.4 Å². The van der Waals surface area contributed by atoms with Crippen molar-refractivity contribution in [3.8, 4) is 22.5 Å². The van der Waals surface area contributed by atoms with Gasteiger partial charge in [-0.15, -0.1) is 0 Å². The molecule has 104 valence electrons. The van der Waals surface area contributed by atoms with Crippen molar-refractivity contribution in [2.75, 3.05) is 0 Å². The minimum absolute atomic E-state index is 0.623. The molecule has 1 heterocycles. The van der Waals surface area contributed by atoms with Crippen molar-refractivity contribution in [2.45, 2.75) is 13.5 Å². The zero-order valence-corrected chi connectivity index (χ0v) is 12.7. The number of hydrogen-bond donors (Lipinski definition) is 0. The lowest BCUT2D eigenvalue weighted by molar-refractivity contribution is 0.731. The van der Waals surface area contributed by atoms with Gasteiger partial charge >= 0.3 is 0 Å². The van der Waals surface area contributed by atoms with Crippen LogP contribution < -0.4 is 0 Å². The molecule has 2 nitrogen and oxygen atoms in total. The lowest BCUT2D eigenvalue weighted by Gasteiger charge is -2.13. The molecule has 0 aliphatic carbocycles. The molecule has 0 spiro atoms. The lowest BCUT2D eigenvalue weighted by Crippen LogP contribution is -2.05. The Bertz CT molecular complexity index is 792. The fourth-order valence-electron chi connectivity index (χ4n) is 2.42. The quantitative estimate of drug-likeness (QED) is 0.634. The fourth-order valence-corrected chi connectivity index (χ4v) is 2.74. The van der Waals surface area contributed by atoms with Gasteiger partial charge in [0, 0.05) is 12.1 Å². The van der Waals surface area contributed by atoms with Crippen LogP contribution in [-0.4, -0.2) is 9.55 Å². The van der Waals surface area contributed by atoms with E-state index in [0.29, 0.717) is 4.77 Å². The summed E-state index contributed by atoms with van der Waals surface area (Å²) in [5, 5.41) is 0. The highest BCUT2D eigenvalue weighted by Gasteiger charge is 2.08. The van der Waals surface area contributed by atoms with E-state index in [4.69, 9.17) is 12.2 Å². The van der Waals surface area contributed by atoms with E-state index in [-0.39, 0.29) is 0 Å². The maximum atomic E-state index is 5.48. The number of aromatic nitrogens is 2. The molecule has 0 amide bonds. The maximum absolute atomic E-state index is 5.48. The van der Waals surface area contributed by atoms with Crippen molar-refractivity contribution in [1.29, 1.82) is 0 Å². The molecule has 3 heteroatoms. The Labute approximate surface area is 129 Å². The van der Waals surface area contributed by atoms with Gasteiger partial charge in [-0.2, -0.15) is 0 Å². The summed E-state index contributed by atoms with van der Waals surface area (Å²) in [7, 11) is 0. The molecule has 0 atom stereocenters. The number of hydrogen-bond acceptors (Lipinski definition) is 2. The van der Waals surface area contributed by atoms with Crippen LogP contribution in [0.1, 0.15) is 6.92 Å². The summed E-state index contributed by atoms with van der Waals surface area (Å²) in [5.41, 5.74) is 4.27. The van der Waals surface area contributed by atoms with Crippen LogP contribution in [0.3, 0.4) is 0 Å². The third-order valence-electron chi connectivity index (χ3n) is 3.47. The van der Waals surface area contributed by atoms with E-state index in [0.717, 1.165) is 29.1 Å². The summed E-state index contributed by atoms with van der Waals surface area (Å²) in [5.74, 6) is 0. The predicted octanol–water partition coefficient (Wildman–Crippen LogP) is 4.97. The van der Waals surface area contributed by atoms with Gasteiger partial charge in [0.1, 0.15) is 0 Å². The smallest absolute Gasteiger partial charge is 0.200 e. The standard InChI is InChI=1S/C18H16N2S/c1-2-20-17(15-11-7-4-8-12-15)13-16(19-18(20)21)14-9-5-3-6-10-14/h3-13H,2H2,1H3. The Morgan fingerprint density at radius 1 is 0.905 bits per heavy atom. The van der Waals surface area contributed by atoms with Crippen molar-refractivity contribution in [3.05, 3.63) is 71.5 Å². The van der Waals surface area contributed by atoms with Crippen molar-refractivity contribution in [3.63, 3.8) is 0 Å². The summed E-state index contributed by atoms with van der Waals surface area (Å²) in [4.78, 5) is 4.58. The highest BCUT2D eigenvalue weighted by Crippen LogP contribution is 2.25. The Morgan fingerprint density at radius 3 is 2.05 bits per heavy atom. The van der Waals surface area contributed by atoms with Gasteiger partial charge in [-0.25, -0.2) is 4.98 Å². The lowest BCUT2D eigenvalue weighted by atomic mass is 10.1. The predicted molar refractivity (Wildman–Crippen MR) is 89.6 cm³/mol. The van der Waals surface area contributed by atoms with E-state index >= 15 is 0 Å². The Hall–Kier alpha value is -2.26. The fraction of sp³-hybridized carbons (Fsp3) is 0.111. The molecule has 3 rings (SSSR count). The monoisotopic (exact) mass is 292 g/mol. The molecule has 3 aromatic rings. The number of benzene rings is 2. The van der Waals surface area contributed by atoms with E-state index in [2.05, 4.69) is 46.8 Å². The van der Waals surface area contributed by atoms with E-state index in [9.17, 15) is 0 Å². The normalized spacial score (nSPS) is 10.5. The van der Waals surface area contributed by atoms with Gasteiger partial charge in [-0.3, -0.25) is 0 Å². The molecule has 0 bridgehead atoms. The van der Waals surface area contributed by atoms with Crippen LogP contribution in [0.4, 0.5) is 0 Å². The maximum Gasteiger partial charge on any atom is 0.200 e. The van der Waals surface area contributed by atoms with Crippen LogP contribution >= 0.6 is 12.2 Å². The third kappa shape index (κ3) is 2.78. The molecule has 0 saturated heterocycles. The van der Waals surface area contributed by atoms with Crippen LogP contribution in [0, 0.1) is 4.77 Å². The van der Waals surface area contributed by atoms with Gasteiger partial charge in [0.15, 0.2) is 4.77 Å². The summed E-state index contributed by atoms with van der Waals surface area (Å²) >= 11 is 5.48. The SMILES string of the molecule is CCn1c(-c2ccccc2)cc(-c2ccccc2)nc1=S. The molecule has 0 radical (unpaired) electrons. The van der Waals surface area contributed by atoms with Crippen LogP contribution in [0.15, 0.2) is 66.7 Å². The molecule has 1 aromatic heterocycles. The van der Waals surface area contributed by atoms with Gasteiger partial charge in [-0.1, -0.05) is 60.7 Å². The molecule has 0 aliphatic rings. The van der Waals surface area contributed by atoms with Crippen LogP contribution in [0.5, 0.6) is 0 Å². The summed E-state index contributed by atoms with van der Waals surface area (Å²) in [6, 6.07) is 22.6. The average Bonchev–Trinajstić information content (AvgIpc) is 2.55.